The number of hydrogen-bond acceptors (Lipinski definition) is 3. The van der Waals surface area contributed by atoms with Crippen LogP contribution in [0.2, 0.25) is 0 Å². The maximum absolute atomic E-state index is 12.4. The smallest absolute Gasteiger partial charge is 0.317 e. The lowest BCUT2D eigenvalue weighted by molar-refractivity contribution is 0.107. The first-order chi connectivity index (χ1) is 11.1. The fourth-order valence-electron chi connectivity index (χ4n) is 3.22. The lowest BCUT2D eigenvalue weighted by Gasteiger charge is -2.32. The first-order valence-corrected chi connectivity index (χ1v) is 8.31. The van der Waals surface area contributed by atoms with Crippen LogP contribution in [0.1, 0.15) is 43.8 Å². The van der Waals surface area contributed by atoms with Crippen LogP contribution in [-0.4, -0.2) is 48.9 Å². The number of ether oxygens (including phenoxy) is 1. The van der Waals surface area contributed by atoms with E-state index in [1.807, 2.05) is 30.3 Å². The minimum absolute atomic E-state index is 0.0933. The Morgan fingerprint density at radius 3 is 2.61 bits per heavy atom. The van der Waals surface area contributed by atoms with Gasteiger partial charge in [0, 0.05) is 20.7 Å². The minimum atomic E-state index is -0.550. The van der Waals surface area contributed by atoms with Gasteiger partial charge in [-0.2, -0.15) is 0 Å². The summed E-state index contributed by atoms with van der Waals surface area (Å²) in [6.07, 6.45) is 4.15. The highest BCUT2D eigenvalue weighted by atomic mass is 16.5. The van der Waals surface area contributed by atoms with Gasteiger partial charge in [-0.05, 0) is 24.8 Å². The fourth-order valence-corrected chi connectivity index (χ4v) is 3.22. The molecule has 0 spiro atoms. The summed E-state index contributed by atoms with van der Waals surface area (Å²) in [5.41, 5.74) is 0.658. The van der Waals surface area contributed by atoms with E-state index in [4.69, 9.17) is 4.74 Å². The predicted molar refractivity (Wildman–Crippen MR) is 90.3 cm³/mol. The first-order valence-electron chi connectivity index (χ1n) is 8.31. The number of aliphatic hydroxyl groups excluding tert-OH is 1. The van der Waals surface area contributed by atoms with Crippen LogP contribution in [0.5, 0.6) is 0 Å². The van der Waals surface area contributed by atoms with Gasteiger partial charge < -0.3 is 20.1 Å². The summed E-state index contributed by atoms with van der Waals surface area (Å²) in [4.78, 5) is 14.0. The number of nitrogens with one attached hydrogen (secondary N) is 1. The number of benzene rings is 1. The van der Waals surface area contributed by atoms with Gasteiger partial charge in [0.1, 0.15) is 0 Å². The number of rotatable bonds is 7. The van der Waals surface area contributed by atoms with Gasteiger partial charge in [-0.25, -0.2) is 4.79 Å². The number of urea groups is 1. The van der Waals surface area contributed by atoms with Crippen LogP contribution in [-0.2, 0) is 4.74 Å². The molecule has 1 aromatic rings. The molecule has 0 heterocycles. The molecule has 1 saturated carbocycles. The molecule has 1 aliphatic carbocycles. The second kappa shape index (κ2) is 8.31. The minimum Gasteiger partial charge on any atom is -0.388 e. The summed E-state index contributed by atoms with van der Waals surface area (Å²) in [7, 11) is 3.44. The third-order valence-electron chi connectivity index (χ3n) is 4.62. The zero-order valence-electron chi connectivity index (χ0n) is 14.1. The Hall–Kier alpha value is -1.59. The second-order valence-corrected chi connectivity index (χ2v) is 6.49. The molecule has 128 valence electrons. The van der Waals surface area contributed by atoms with E-state index in [2.05, 4.69) is 5.32 Å². The van der Waals surface area contributed by atoms with E-state index < -0.39 is 6.10 Å². The molecule has 2 rings (SSSR count). The summed E-state index contributed by atoms with van der Waals surface area (Å²) >= 11 is 0. The summed E-state index contributed by atoms with van der Waals surface area (Å²) < 4.78 is 5.29. The van der Waals surface area contributed by atoms with E-state index in [0.717, 1.165) is 31.2 Å². The largest absolute Gasteiger partial charge is 0.388 e. The van der Waals surface area contributed by atoms with Crippen LogP contribution in [0.4, 0.5) is 4.79 Å². The molecule has 2 N–H and O–H groups in total. The molecule has 0 aromatic heterocycles. The van der Waals surface area contributed by atoms with E-state index in [1.54, 1.807) is 19.1 Å². The van der Waals surface area contributed by atoms with Crippen molar-refractivity contribution in [2.45, 2.75) is 43.7 Å². The Morgan fingerprint density at radius 2 is 2.00 bits per heavy atom. The van der Waals surface area contributed by atoms with Crippen molar-refractivity contribution in [3.63, 3.8) is 0 Å². The summed E-state index contributed by atoms with van der Waals surface area (Å²) in [6.45, 7) is 1.06. The molecule has 1 fully saturated rings. The molecule has 1 aliphatic rings. The third kappa shape index (κ3) is 4.94. The number of aliphatic hydroxyl groups is 1. The number of hydrogen-bond donors (Lipinski definition) is 2. The van der Waals surface area contributed by atoms with E-state index in [-0.39, 0.29) is 11.6 Å². The number of methoxy groups -OCH3 is 1. The number of carbonyl (C=O) groups excluding carboxylic acids is 1. The number of amides is 2. The van der Waals surface area contributed by atoms with Gasteiger partial charge in [0.2, 0.25) is 0 Å². The molecular weight excluding hydrogens is 292 g/mol. The molecule has 1 atom stereocenters. The molecule has 2 amide bonds. The number of nitrogens with zero attached hydrogens (tertiary/aromatic N) is 1. The van der Waals surface area contributed by atoms with Gasteiger partial charge in [0.05, 0.1) is 18.2 Å². The van der Waals surface area contributed by atoms with E-state index in [0.29, 0.717) is 19.6 Å². The van der Waals surface area contributed by atoms with E-state index >= 15 is 0 Å². The molecule has 0 unspecified atom stereocenters. The normalized spacial score (nSPS) is 17.7. The molecular formula is C18H28N2O3. The summed E-state index contributed by atoms with van der Waals surface area (Å²) in [5.74, 6) is 0. The van der Waals surface area contributed by atoms with Crippen molar-refractivity contribution in [2.75, 3.05) is 27.3 Å². The van der Waals surface area contributed by atoms with E-state index in [9.17, 15) is 9.90 Å². The average Bonchev–Trinajstić information content (AvgIpc) is 3.01. The Labute approximate surface area is 138 Å². The number of carbonyl (C=O) groups is 1. The highest BCUT2D eigenvalue weighted by Crippen LogP contribution is 2.30. The summed E-state index contributed by atoms with van der Waals surface area (Å²) in [5, 5.41) is 13.3. The molecule has 0 aliphatic heterocycles. The van der Waals surface area contributed by atoms with Gasteiger partial charge in [-0.15, -0.1) is 0 Å². The quantitative estimate of drug-likeness (QED) is 0.812. The molecule has 0 radical (unpaired) electrons. The second-order valence-electron chi connectivity index (χ2n) is 6.49. The first kappa shape index (κ1) is 17.8. The van der Waals surface area contributed by atoms with Crippen molar-refractivity contribution in [1.29, 1.82) is 0 Å². The van der Waals surface area contributed by atoms with Crippen LogP contribution in [0, 0.1) is 0 Å². The molecule has 5 heteroatoms. The average molecular weight is 320 g/mol. The lowest BCUT2D eigenvalue weighted by Crippen LogP contribution is -2.53. The van der Waals surface area contributed by atoms with Crippen molar-refractivity contribution in [2.24, 2.45) is 0 Å². The summed E-state index contributed by atoms with van der Waals surface area (Å²) in [6, 6.07) is 9.44. The Kier molecular flexibility index (Phi) is 6.42. The van der Waals surface area contributed by atoms with Crippen molar-refractivity contribution in [3.8, 4) is 0 Å². The Bertz CT molecular complexity index is 486. The monoisotopic (exact) mass is 320 g/mol. The molecule has 0 bridgehead atoms. The Balaban J connectivity index is 1.82. The van der Waals surface area contributed by atoms with Gasteiger partial charge in [-0.1, -0.05) is 43.2 Å². The van der Waals surface area contributed by atoms with Crippen molar-refractivity contribution >= 4 is 6.03 Å². The van der Waals surface area contributed by atoms with E-state index in [1.165, 1.54) is 0 Å². The van der Waals surface area contributed by atoms with Crippen molar-refractivity contribution in [1.82, 2.24) is 10.2 Å². The van der Waals surface area contributed by atoms with Crippen LogP contribution in [0.15, 0.2) is 30.3 Å². The topological polar surface area (TPSA) is 61.8 Å². The maximum atomic E-state index is 12.4. The molecule has 1 aromatic carbocycles. The maximum Gasteiger partial charge on any atom is 0.317 e. The highest BCUT2D eigenvalue weighted by Gasteiger charge is 2.36. The zero-order chi connectivity index (χ0) is 16.7. The standard InChI is InChI=1S/C18H28N2O3/c1-20(13-10-16(21)15-8-4-3-5-9-15)17(22)19-18(14-23-2)11-6-7-12-18/h3-5,8-9,16,21H,6-7,10-14H2,1-2H3,(H,19,22)/t16-/m0/s1. The molecule has 23 heavy (non-hydrogen) atoms. The van der Waals surface area contributed by atoms with Crippen LogP contribution >= 0.6 is 0 Å². The predicted octanol–water partition coefficient (Wildman–Crippen LogP) is 2.71. The fraction of sp³-hybridized carbons (Fsp3) is 0.611. The van der Waals surface area contributed by atoms with Crippen LogP contribution in [0.25, 0.3) is 0 Å². The zero-order valence-corrected chi connectivity index (χ0v) is 14.1. The van der Waals surface area contributed by atoms with Crippen molar-refractivity contribution < 1.29 is 14.6 Å². The van der Waals surface area contributed by atoms with Gasteiger partial charge >= 0.3 is 6.03 Å². The highest BCUT2D eigenvalue weighted by molar-refractivity contribution is 5.74. The lowest BCUT2D eigenvalue weighted by atomic mass is 9.99. The Morgan fingerprint density at radius 1 is 1.35 bits per heavy atom. The third-order valence-corrected chi connectivity index (χ3v) is 4.62. The molecule has 0 saturated heterocycles. The van der Waals surface area contributed by atoms with Crippen LogP contribution < -0.4 is 5.32 Å². The van der Waals surface area contributed by atoms with Gasteiger partial charge in [0.15, 0.2) is 0 Å². The van der Waals surface area contributed by atoms with Gasteiger partial charge in [0.25, 0.3) is 0 Å². The van der Waals surface area contributed by atoms with Gasteiger partial charge in [-0.3, -0.25) is 0 Å². The molecule has 5 nitrogen and oxygen atoms in total. The SMILES string of the molecule is COCC1(NC(=O)N(C)CC[C@H](O)c2ccccc2)CCCC1. The van der Waals surface area contributed by atoms with Crippen LogP contribution in [0.3, 0.4) is 0 Å². The van der Waals surface area contributed by atoms with Crippen molar-refractivity contribution in [3.05, 3.63) is 35.9 Å².